The molecule has 2 N–H and O–H groups in total. The zero-order valence-corrected chi connectivity index (χ0v) is 11.9. The third-order valence-corrected chi connectivity index (χ3v) is 4.40. The molecule has 112 valence electrons. The SMILES string of the molecule is O=[N+]([O-])c1ccc2[nH]nc(NS(=O)(=O)c3ccccc3)c2c1. The second-order valence-corrected chi connectivity index (χ2v) is 6.16. The molecule has 0 amide bonds. The average molecular weight is 318 g/mol. The molecule has 0 unspecified atom stereocenters. The fourth-order valence-corrected chi connectivity index (χ4v) is 3.02. The monoisotopic (exact) mass is 318 g/mol. The van der Waals surface area contributed by atoms with Gasteiger partial charge in [-0.1, -0.05) is 18.2 Å². The van der Waals surface area contributed by atoms with Crippen molar-refractivity contribution in [2.75, 3.05) is 4.72 Å². The lowest BCUT2D eigenvalue weighted by Crippen LogP contribution is -2.13. The topological polar surface area (TPSA) is 118 Å². The number of hydrogen-bond donors (Lipinski definition) is 2. The highest BCUT2D eigenvalue weighted by Crippen LogP contribution is 2.26. The fraction of sp³-hybridized carbons (Fsp3) is 0. The van der Waals surface area contributed by atoms with Crippen LogP contribution < -0.4 is 4.72 Å². The van der Waals surface area contributed by atoms with E-state index in [-0.39, 0.29) is 16.4 Å². The molecule has 0 bridgehead atoms. The molecule has 8 nitrogen and oxygen atoms in total. The Labute approximate surface area is 125 Å². The summed E-state index contributed by atoms with van der Waals surface area (Å²) in [7, 11) is -3.81. The number of aromatic nitrogens is 2. The van der Waals surface area contributed by atoms with Gasteiger partial charge in [0.25, 0.3) is 15.7 Å². The van der Waals surface area contributed by atoms with Crippen LogP contribution in [0.2, 0.25) is 0 Å². The Morgan fingerprint density at radius 1 is 1.14 bits per heavy atom. The number of nitrogens with zero attached hydrogens (tertiary/aromatic N) is 2. The minimum atomic E-state index is -3.81. The van der Waals surface area contributed by atoms with Gasteiger partial charge in [0.05, 0.1) is 20.7 Å². The lowest BCUT2D eigenvalue weighted by Gasteiger charge is -2.05. The molecular formula is C13H10N4O4S. The molecular weight excluding hydrogens is 308 g/mol. The first kappa shape index (κ1) is 14.0. The van der Waals surface area contributed by atoms with Crippen molar-refractivity contribution in [3.63, 3.8) is 0 Å². The normalized spacial score (nSPS) is 11.5. The smallest absolute Gasteiger partial charge is 0.270 e. The Morgan fingerprint density at radius 2 is 1.86 bits per heavy atom. The molecule has 9 heteroatoms. The van der Waals surface area contributed by atoms with Gasteiger partial charge in [0, 0.05) is 12.1 Å². The molecule has 0 saturated carbocycles. The van der Waals surface area contributed by atoms with E-state index in [2.05, 4.69) is 14.9 Å². The summed E-state index contributed by atoms with van der Waals surface area (Å²) >= 11 is 0. The third-order valence-electron chi connectivity index (χ3n) is 3.04. The summed E-state index contributed by atoms with van der Waals surface area (Å²) in [4.78, 5) is 10.3. The molecule has 22 heavy (non-hydrogen) atoms. The Kier molecular flexibility index (Phi) is 3.26. The van der Waals surface area contributed by atoms with E-state index in [1.54, 1.807) is 18.2 Å². The van der Waals surface area contributed by atoms with Crippen LogP contribution in [0.3, 0.4) is 0 Å². The molecule has 0 saturated heterocycles. The molecule has 0 aliphatic heterocycles. The summed E-state index contributed by atoms with van der Waals surface area (Å²) in [6.07, 6.45) is 0. The number of nitro groups is 1. The van der Waals surface area contributed by atoms with Gasteiger partial charge in [-0.25, -0.2) is 8.42 Å². The van der Waals surface area contributed by atoms with Crippen molar-refractivity contribution in [2.24, 2.45) is 0 Å². The quantitative estimate of drug-likeness (QED) is 0.565. The van der Waals surface area contributed by atoms with Gasteiger partial charge < -0.3 is 0 Å². The molecule has 1 heterocycles. The van der Waals surface area contributed by atoms with Crippen molar-refractivity contribution in [1.29, 1.82) is 0 Å². The number of hydrogen-bond acceptors (Lipinski definition) is 5. The van der Waals surface area contributed by atoms with Gasteiger partial charge in [0.2, 0.25) is 0 Å². The maximum absolute atomic E-state index is 12.3. The number of nitro benzene ring substituents is 1. The predicted molar refractivity (Wildman–Crippen MR) is 80.0 cm³/mol. The number of H-pyrrole nitrogens is 1. The molecule has 2 aromatic carbocycles. The Hall–Kier alpha value is -2.94. The minimum absolute atomic E-state index is 0.0163. The van der Waals surface area contributed by atoms with Gasteiger partial charge in [-0.15, -0.1) is 0 Å². The molecule has 1 aromatic heterocycles. The number of nitrogens with one attached hydrogen (secondary N) is 2. The van der Waals surface area contributed by atoms with Crippen molar-refractivity contribution in [3.05, 3.63) is 58.6 Å². The van der Waals surface area contributed by atoms with Crippen LogP contribution in [0, 0.1) is 10.1 Å². The van der Waals surface area contributed by atoms with E-state index >= 15 is 0 Å². The van der Waals surface area contributed by atoms with E-state index in [4.69, 9.17) is 0 Å². The van der Waals surface area contributed by atoms with Crippen molar-refractivity contribution in [3.8, 4) is 0 Å². The van der Waals surface area contributed by atoms with Crippen LogP contribution in [0.25, 0.3) is 10.9 Å². The van der Waals surface area contributed by atoms with E-state index < -0.39 is 14.9 Å². The summed E-state index contributed by atoms with van der Waals surface area (Å²) in [6, 6.07) is 11.8. The molecule has 3 aromatic rings. The second-order valence-electron chi connectivity index (χ2n) is 4.48. The summed E-state index contributed by atoms with van der Waals surface area (Å²) in [5.74, 6) is 0.0163. The zero-order chi connectivity index (χ0) is 15.7. The van der Waals surface area contributed by atoms with Crippen LogP contribution in [-0.4, -0.2) is 23.5 Å². The molecule has 0 atom stereocenters. The van der Waals surface area contributed by atoms with Crippen LogP contribution in [0.4, 0.5) is 11.5 Å². The summed E-state index contributed by atoms with van der Waals surface area (Å²) in [5.41, 5.74) is 0.352. The first-order valence-corrected chi connectivity index (χ1v) is 7.66. The summed E-state index contributed by atoms with van der Waals surface area (Å²) in [6.45, 7) is 0. The largest absolute Gasteiger partial charge is 0.276 e. The maximum Gasteiger partial charge on any atom is 0.270 e. The van der Waals surface area contributed by atoms with E-state index in [1.165, 1.54) is 30.3 Å². The minimum Gasteiger partial charge on any atom is -0.276 e. The van der Waals surface area contributed by atoms with Gasteiger partial charge in [-0.3, -0.25) is 19.9 Å². The predicted octanol–water partition coefficient (Wildman–Crippen LogP) is 2.27. The van der Waals surface area contributed by atoms with E-state index in [9.17, 15) is 18.5 Å². The highest BCUT2D eigenvalue weighted by Gasteiger charge is 2.18. The number of rotatable bonds is 4. The molecule has 0 radical (unpaired) electrons. The fourth-order valence-electron chi connectivity index (χ4n) is 1.98. The van der Waals surface area contributed by atoms with Gasteiger partial charge in [0.1, 0.15) is 0 Å². The Balaban J connectivity index is 2.04. The molecule has 3 rings (SSSR count). The third kappa shape index (κ3) is 2.49. The van der Waals surface area contributed by atoms with E-state index in [0.717, 1.165) is 0 Å². The first-order chi connectivity index (χ1) is 10.5. The second kappa shape index (κ2) is 5.11. The zero-order valence-electron chi connectivity index (χ0n) is 11.1. The van der Waals surface area contributed by atoms with Crippen LogP contribution in [-0.2, 0) is 10.0 Å². The highest BCUT2D eigenvalue weighted by molar-refractivity contribution is 7.92. The standard InChI is InChI=1S/C13H10N4O4S/c18-17(19)9-6-7-12-11(8-9)13(15-14-12)16-22(20,21)10-4-2-1-3-5-10/h1-8H,(H2,14,15,16). The van der Waals surface area contributed by atoms with Gasteiger partial charge in [-0.05, 0) is 18.2 Å². The Morgan fingerprint density at radius 3 is 2.55 bits per heavy atom. The van der Waals surface area contributed by atoms with Gasteiger partial charge in [-0.2, -0.15) is 5.10 Å². The van der Waals surface area contributed by atoms with Gasteiger partial charge >= 0.3 is 0 Å². The molecule has 0 spiro atoms. The Bertz CT molecular complexity index is 951. The molecule has 0 aliphatic carbocycles. The lowest BCUT2D eigenvalue weighted by molar-refractivity contribution is -0.384. The van der Waals surface area contributed by atoms with Crippen molar-refractivity contribution >= 4 is 32.4 Å². The number of benzene rings is 2. The number of fused-ring (bicyclic) bond motifs is 1. The van der Waals surface area contributed by atoms with E-state index in [1.807, 2.05) is 0 Å². The molecule has 0 aliphatic rings. The summed E-state index contributed by atoms with van der Waals surface area (Å²) < 4.78 is 26.9. The van der Waals surface area contributed by atoms with Gasteiger partial charge in [0.15, 0.2) is 5.82 Å². The van der Waals surface area contributed by atoms with Crippen molar-refractivity contribution in [1.82, 2.24) is 10.2 Å². The lowest BCUT2D eigenvalue weighted by atomic mass is 10.2. The maximum atomic E-state index is 12.3. The highest BCUT2D eigenvalue weighted by atomic mass is 32.2. The number of aromatic amines is 1. The first-order valence-electron chi connectivity index (χ1n) is 6.18. The van der Waals surface area contributed by atoms with Crippen LogP contribution in [0.15, 0.2) is 53.4 Å². The number of non-ortho nitro benzene ring substituents is 1. The van der Waals surface area contributed by atoms with E-state index in [0.29, 0.717) is 10.9 Å². The number of sulfonamides is 1. The van der Waals surface area contributed by atoms with Crippen LogP contribution >= 0.6 is 0 Å². The average Bonchev–Trinajstić information content (AvgIpc) is 2.90. The van der Waals surface area contributed by atoms with Crippen molar-refractivity contribution in [2.45, 2.75) is 4.90 Å². The summed E-state index contributed by atoms with van der Waals surface area (Å²) in [5, 5.41) is 17.6. The van der Waals surface area contributed by atoms with Crippen molar-refractivity contribution < 1.29 is 13.3 Å². The molecule has 0 fully saturated rings. The van der Waals surface area contributed by atoms with Crippen LogP contribution in [0.1, 0.15) is 0 Å². The number of anilines is 1. The van der Waals surface area contributed by atoms with Crippen LogP contribution in [0.5, 0.6) is 0 Å².